The van der Waals surface area contributed by atoms with E-state index in [1.807, 2.05) is 0 Å². The average molecular weight is 804 g/mol. The average Bonchev–Trinajstić information content (AvgIpc) is 2.97. The highest BCUT2D eigenvalue weighted by Gasteiger charge is 2.28. The molecule has 51 heavy (non-hydrogen) atoms. The fourth-order valence-electron chi connectivity index (χ4n) is 4.81. The summed E-state index contributed by atoms with van der Waals surface area (Å²) in [6.45, 7) is 1.66. The van der Waals surface area contributed by atoms with Crippen LogP contribution in [0.1, 0.15) is 5.56 Å². The lowest BCUT2D eigenvalue weighted by molar-refractivity contribution is 0.472. The summed E-state index contributed by atoms with van der Waals surface area (Å²) in [7, 11) is -25.8. The minimum atomic E-state index is -5.52. The number of benzene rings is 5. The Balaban J connectivity index is 1.80. The van der Waals surface area contributed by atoms with E-state index in [0.29, 0.717) is 35.9 Å². The maximum absolute atomic E-state index is 13.1. The van der Waals surface area contributed by atoms with E-state index in [1.54, 1.807) is 6.92 Å². The van der Waals surface area contributed by atoms with Crippen molar-refractivity contribution in [2.24, 2.45) is 10.2 Å². The summed E-state index contributed by atoms with van der Waals surface area (Å²) in [5.74, 6) is -1.99. The van der Waals surface area contributed by atoms with Crippen molar-refractivity contribution < 1.29 is 69.6 Å². The van der Waals surface area contributed by atoms with Crippen LogP contribution in [0.4, 0.5) is 17.1 Å². The summed E-state index contributed by atoms with van der Waals surface area (Å²) in [6, 6.07) is 9.92. The molecule has 0 fully saturated rings. The second kappa shape index (κ2) is 12.5. The smallest absolute Gasteiger partial charge is 0.339 e. The zero-order valence-electron chi connectivity index (χ0n) is 25.1. The highest BCUT2D eigenvalue weighted by Crippen LogP contribution is 2.45. The van der Waals surface area contributed by atoms with Gasteiger partial charge in [0.25, 0.3) is 40.5 Å². The maximum atomic E-state index is 13.1. The zero-order chi connectivity index (χ0) is 38.1. The predicted molar refractivity (Wildman–Crippen MR) is 176 cm³/mol. The lowest BCUT2D eigenvalue weighted by Crippen LogP contribution is -2.11. The number of fused-ring (bicyclic) bond motifs is 2. The molecule has 5 aromatic carbocycles. The quantitative estimate of drug-likeness (QED) is 0.0534. The minimum Gasteiger partial charge on any atom is -0.505 e. The van der Waals surface area contributed by atoms with Gasteiger partial charge in [-0.3, -0.25) is 18.2 Å². The number of aryl methyl sites for hydroxylation is 1. The van der Waals surface area contributed by atoms with Gasteiger partial charge in [0.15, 0.2) is 11.5 Å². The monoisotopic (exact) mass is 803 g/mol. The van der Waals surface area contributed by atoms with Crippen LogP contribution in [0.15, 0.2) is 101 Å². The van der Waals surface area contributed by atoms with Gasteiger partial charge >= 0.3 is 10.1 Å². The third-order valence-electron chi connectivity index (χ3n) is 7.05. The van der Waals surface area contributed by atoms with Crippen LogP contribution in [-0.4, -0.2) is 65.4 Å². The zero-order valence-corrected chi connectivity index (χ0v) is 29.2. The van der Waals surface area contributed by atoms with Crippen molar-refractivity contribution in [3.05, 3.63) is 72.3 Å². The van der Waals surface area contributed by atoms with E-state index >= 15 is 0 Å². The van der Waals surface area contributed by atoms with Gasteiger partial charge in [-0.1, -0.05) is 17.7 Å². The highest BCUT2D eigenvalue weighted by atomic mass is 32.2. The molecule has 0 saturated carbocycles. The Bertz CT molecular complexity index is 2910. The topological polar surface area (TPSA) is 332 Å². The lowest BCUT2D eigenvalue weighted by atomic mass is 10.1. The fourth-order valence-corrected chi connectivity index (χ4v) is 8.31. The fraction of sp³-hybridized carbons (Fsp3) is 0.0370. The van der Waals surface area contributed by atoms with Crippen LogP contribution >= 0.6 is 0 Å². The number of nitrogen functional groups attached to an aromatic ring is 1. The first kappa shape index (κ1) is 37.5. The van der Waals surface area contributed by atoms with E-state index in [9.17, 15) is 65.4 Å². The van der Waals surface area contributed by atoms with E-state index in [4.69, 9.17) is 9.92 Å². The molecule has 0 spiro atoms. The SMILES string of the molecule is Cc1ccc(S(=O)(=O)Oc2cc(S(=O)(=O)O)cc3c(S(=O)(=O)O)c(N=Nc4c(S(=O)(=O)O)cc5cc(S(=O)(=O)O)cc(N)c5c4O)ccc23)cc1. The first-order valence-electron chi connectivity index (χ1n) is 13.3. The number of aromatic hydroxyl groups is 1. The van der Waals surface area contributed by atoms with E-state index in [-0.39, 0.29) is 0 Å². The maximum Gasteiger partial charge on any atom is 0.339 e. The molecule has 0 saturated heterocycles. The van der Waals surface area contributed by atoms with Gasteiger partial charge in [-0.15, -0.1) is 10.2 Å². The van der Waals surface area contributed by atoms with E-state index in [2.05, 4.69) is 10.2 Å². The molecule has 24 heteroatoms. The second-order valence-corrected chi connectivity index (χ2v) is 17.7. The van der Waals surface area contributed by atoms with Gasteiger partial charge in [-0.2, -0.15) is 42.1 Å². The molecule has 0 amide bonds. The van der Waals surface area contributed by atoms with Gasteiger partial charge in [0.1, 0.15) is 26.1 Å². The first-order chi connectivity index (χ1) is 23.3. The summed E-state index contributed by atoms with van der Waals surface area (Å²) in [5.41, 5.74) is 3.95. The van der Waals surface area contributed by atoms with Gasteiger partial charge in [0, 0.05) is 27.9 Å². The van der Waals surface area contributed by atoms with Crippen molar-refractivity contribution in [3.63, 3.8) is 0 Å². The molecule has 0 aliphatic carbocycles. The first-order valence-corrected chi connectivity index (χ1v) is 20.5. The van der Waals surface area contributed by atoms with E-state index < -0.39 is 125 Å². The molecule has 5 rings (SSSR count). The largest absolute Gasteiger partial charge is 0.505 e. The molecule has 5 aromatic rings. The Morgan fingerprint density at radius 2 is 1.22 bits per heavy atom. The molecule has 0 unspecified atom stereocenters. The van der Waals surface area contributed by atoms with Crippen molar-refractivity contribution in [1.82, 2.24) is 0 Å². The number of anilines is 1. The molecule has 19 nitrogen and oxygen atoms in total. The van der Waals surface area contributed by atoms with Crippen LogP contribution < -0.4 is 9.92 Å². The Kier molecular flexibility index (Phi) is 9.15. The number of rotatable bonds is 9. The number of nitrogens with zero attached hydrogens (tertiary/aromatic N) is 2. The lowest BCUT2D eigenvalue weighted by Gasteiger charge is -2.14. The number of hydrogen-bond acceptors (Lipinski definition) is 15. The van der Waals surface area contributed by atoms with Crippen LogP contribution in [0.3, 0.4) is 0 Å². The molecule has 0 heterocycles. The number of nitrogens with two attached hydrogens (primary N) is 1. The normalized spacial score (nSPS) is 13.3. The Hall–Kier alpha value is -4.79. The molecule has 270 valence electrons. The van der Waals surface area contributed by atoms with Crippen molar-refractivity contribution in [3.8, 4) is 11.5 Å². The van der Waals surface area contributed by atoms with Crippen LogP contribution in [0.25, 0.3) is 21.5 Å². The standard InChI is InChI=1S/C27H21N3O16S5/c1-13-2-4-15(5-3-13)51(44,45)46-22-12-17(48(35,36)37)10-19-18(22)6-7-21(27(19)50(41,42)43)29-30-25-23(49(38,39)40)9-14-8-16(47(32,33)34)11-20(28)24(14)26(25)31/h2-12,31H,28H2,1H3,(H,32,33,34)(H,35,36,37)(H,38,39,40)(H,41,42,43). The Morgan fingerprint density at radius 1 is 0.627 bits per heavy atom. The van der Waals surface area contributed by atoms with Gasteiger partial charge < -0.3 is 15.0 Å². The van der Waals surface area contributed by atoms with Gasteiger partial charge in [0.05, 0.1) is 9.79 Å². The number of azo groups is 1. The Labute approximate surface area is 288 Å². The molecule has 0 aromatic heterocycles. The van der Waals surface area contributed by atoms with Crippen LogP contribution in [0.5, 0.6) is 11.5 Å². The molecule has 0 bridgehead atoms. The van der Waals surface area contributed by atoms with Crippen LogP contribution in [0.2, 0.25) is 0 Å². The van der Waals surface area contributed by atoms with E-state index in [1.165, 1.54) is 12.1 Å². The van der Waals surface area contributed by atoms with Crippen molar-refractivity contribution in [1.29, 1.82) is 0 Å². The summed E-state index contributed by atoms with van der Waals surface area (Å²) in [4.78, 5) is -4.85. The third-order valence-corrected chi connectivity index (χ3v) is 11.8. The number of hydrogen-bond donors (Lipinski definition) is 6. The molecule has 0 aliphatic rings. The summed E-state index contributed by atoms with van der Waals surface area (Å²) in [5, 5.41) is 15.9. The number of phenols is 1. The van der Waals surface area contributed by atoms with Crippen molar-refractivity contribution in [2.75, 3.05) is 5.73 Å². The molecule has 7 N–H and O–H groups in total. The van der Waals surface area contributed by atoms with Crippen molar-refractivity contribution >= 4 is 89.2 Å². The second-order valence-electron chi connectivity index (χ2n) is 10.6. The molecule has 0 radical (unpaired) electrons. The van der Waals surface area contributed by atoms with Crippen LogP contribution in [0, 0.1) is 6.92 Å². The van der Waals surface area contributed by atoms with Gasteiger partial charge in [-0.05, 0) is 60.8 Å². The Morgan fingerprint density at radius 3 is 1.76 bits per heavy atom. The van der Waals surface area contributed by atoms with Crippen LogP contribution in [-0.2, 0) is 50.6 Å². The third kappa shape index (κ3) is 7.48. The number of phenolic OH excluding ortho intramolecular Hbond substituents is 1. The minimum absolute atomic E-state index is 0.404. The van der Waals surface area contributed by atoms with E-state index in [0.717, 1.165) is 24.3 Å². The molecular formula is C27H21N3O16S5. The summed E-state index contributed by atoms with van der Waals surface area (Å²) < 4.78 is 168. The highest BCUT2D eigenvalue weighted by molar-refractivity contribution is 7.87. The summed E-state index contributed by atoms with van der Waals surface area (Å²) in [6.07, 6.45) is 0. The molecule has 0 atom stereocenters. The van der Waals surface area contributed by atoms with Gasteiger partial charge in [0.2, 0.25) is 0 Å². The van der Waals surface area contributed by atoms with Gasteiger partial charge in [-0.25, -0.2) is 0 Å². The summed E-state index contributed by atoms with van der Waals surface area (Å²) >= 11 is 0. The molecular weight excluding hydrogens is 783 g/mol. The van der Waals surface area contributed by atoms with Crippen molar-refractivity contribution in [2.45, 2.75) is 31.4 Å². The predicted octanol–water partition coefficient (Wildman–Crippen LogP) is 3.76. The molecule has 0 aliphatic heterocycles.